The third-order valence-corrected chi connectivity index (χ3v) is 3.90. The largest absolute Gasteiger partial charge is 0.347 e. The number of hydrogen-bond donors (Lipinski definition) is 2. The zero-order valence-electron chi connectivity index (χ0n) is 8.53. The molecule has 2 N–H and O–H groups in total. The first-order chi connectivity index (χ1) is 7.66. The monoisotopic (exact) mass is 347 g/mol. The molecule has 2 aromatic rings. The summed E-state index contributed by atoms with van der Waals surface area (Å²) in [5.41, 5.74) is 0.702. The van der Waals surface area contributed by atoms with Crippen LogP contribution in [-0.2, 0) is 0 Å². The van der Waals surface area contributed by atoms with Gasteiger partial charge in [0.15, 0.2) is 0 Å². The Bertz CT molecular complexity index is 480. The molecular weight excluding hydrogens is 337 g/mol. The molecule has 6 heteroatoms. The van der Waals surface area contributed by atoms with Crippen molar-refractivity contribution >= 4 is 39.8 Å². The van der Waals surface area contributed by atoms with Gasteiger partial charge in [-0.05, 0) is 35.6 Å². The first-order valence-electron chi connectivity index (χ1n) is 4.71. The van der Waals surface area contributed by atoms with Crippen LogP contribution >= 0.6 is 33.9 Å². The number of carbonyl (C=O) groups is 1. The molecule has 2 aromatic heterocycles. The molecule has 1 atom stereocenters. The summed E-state index contributed by atoms with van der Waals surface area (Å²) in [6, 6.07) is 1.76. The Kier molecular flexibility index (Phi) is 3.59. The van der Waals surface area contributed by atoms with Crippen LogP contribution in [-0.4, -0.2) is 15.9 Å². The molecule has 0 bridgehead atoms. The summed E-state index contributed by atoms with van der Waals surface area (Å²) in [6.45, 7) is 1.90. The van der Waals surface area contributed by atoms with Gasteiger partial charge >= 0.3 is 0 Å². The van der Waals surface area contributed by atoms with Gasteiger partial charge in [0.1, 0.15) is 5.82 Å². The van der Waals surface area contributed by atoms with E-state index in [0.29, 0.717) is 5.56 Å². The maximum Gasteiger partial charge on any atom is 0.252 e. The van der Waals surface area contributed by atoms with E-state index >= 15 is 0 Å². The van der Waals surface area contributed by atoms with Crippen molar-refractivity contribution in [3.8, 4) is 0 Å². The van der Waals surface area contributed by atoms with Crippen LogP contribution in [0.1, 0.15) is 29.1 Å². The molecule has 0 radical (unpaired) electrons. The van der Waals surface area contributed by atoms with Gasteiger partial charge in [0.25, 0.3) is 5.91 Å². The first-order valence-corrected chi connectivity index (χ1v) is 6.67. The van der Waals surface area contributed by atoms with Crippen LogP contribution < -0.4 is 5.32 Å². The minimum atomic E-state index is -0.111. The maximum atomic E-state index is 11.8. The van der Waals surface area contributed by atoms with Crippen molar-refractivity contribution in [2.75, 3.05) is 0 Å². The maximum absolute atomic E-state index is 11.8. The lowest BCUT2D eigenvalue weighted by Crippen LogP contribution is -2.26. The van der Waals surface area contributed by atoms with Crippen LogP contribution in [0.3, 0.4) is 0 Å². The summed E-state index contributed by atoms with van der Waals surface area (Å²) in [7, 11) is 0. The summed E-state index contributed by atoms with van der Waals surface area (Å²) >= 11 is 3.76. The average molecular weight is 347 g/mol. The second-order valence-corrected chi connectivity index (χ2v) is 6.11. The predicted molar refractivity (Wildman–Crippen MR) is 71.5 cm³/mol. The quantitative estimate of drug-likeness (QED) is 0.839. The minimum absolute atomic E-state index is 0.0666. The Morgan fingerprint density at radius 1 is 1.69 bits per heavy atom. The van der Waals surface area contributed by atoms with Crippen molar-refractivity contribution in [3.05, 3.63) is 38.1 Å². The molecule has 0 aliphatic carbocycles. The number of thiophene rings is 1. The zero-order chi connectivity index (χ0) is 11.5. The first kappa shape index (κ1) is 11.6. The Balaban J connectivity index is 2.03. The van der Waals surface area contributed by atoms with Crippen LogP contribution in [0.2, 0.25) is 0 Å². The number of H-pyrrole nitrogens is 1. The van der Waals surface area contributed by atoms with E-state index in [1.165, 1.54) is 0 Å². The number of rotatable bonds is 3. The van der Waals surface area contributed by atoms with Gasteiger partial charge in [-0.2, -0.15) is 0 Å². The van der Waals surface area contributed by atoms with E-state index in [0.717, 1.165) is 8.71 Å². The van der Waals surface area contributed by atoms with Gasteiger partial charge in [-0.3, -0.25) is 4.79 Å². The number of amides is 1. The second kappa shape index (κ2) is 4.96. The highest BCUT2D eigenvalue weighted by Crippen LogP contribution is 2.17. The topological polar surface area (TPSA) is 57.8 Å². The van der Waals surface area contributed by atoms with Crippen LogP contribution in [0, 0.1) is 2.88 Å². The normalized spacial score (nSPS) is 12.4. The molecule has 0 spiro atoms. The Morgan fingerprint density at radius 2 is 2.50 bits per heavy atom. The van der Waals surface area contributed by atoms with E-state index in [2.05, 4.69) is 37.9 Å². The van der Waals surface area contributed by atoms with Gasteiger partial charge in [-0.1, -0.05) is 0 Å². The molecule has 0 saturated heterocycles. The zero-order valence-corrected chi connectivity index (χ0v) is 11.5. The summed E-state index contributed by atoms with van der Waals surface area (Å²) in [5, 5.41) is 4.74. The molecule has 0 saturated carbocycles. The summed E-state index contributed by atoms with van der Waals surface area (Å²) < 4.78 is 1.11. The fraction of sp³-hybridized carbons (Fsp3) is 0.200. The van der Waals surface area contributed by atoms with E-state index in [9.17, 15) is 4.79 Å². The SMILES string of the molecule is CC(NC(=O)c1csc(I)c1)c1ncc[nH]1. The minimum Gasteiger partial charge on any atom is -0.347 e. The van der Waals surface area contributed by atoms with E-state index in [-0.39, 0.29) is 11.9 Å². The van der Waals surface area contributed by atoms with E-state index in [4.69, 9.17) is 0 Å². The van der Waals surface area contributed by atoms with Gasteiger partial charge < -0.3 is 10.3 Å². The second-order valence-electron chi connectivity index (χ2n) is 3.31. The number of halogens is 1. The third-order valence-electron chi connectivity index (χ3n) is 2.11. The van der Waals surface area contributed by atoms with Crippen molar-refractivity contribution in [2.45, 2.75) is 13.0 Å². The lowest BCUT2D eigenvalue weighted by Gasteiger charge is -2.10. The molecule has 0 fully saturated rings. The molecular formula is C10H10IN3OS. The fourth-order valence-corrected chi connectivity index (χ4v) is 2.62. The number of imidazole rings is 1. The van der Waals surface area contributed by atoms with Crippen molar-refractivity contribution in [3.63, 3.8) is 0 Å². The predicted octanol–water partition coefficient (Wildman–Crippen LogP) is 2.57. The molecule has 1 unspecified atom stereocenters. The number of aromatic amines is 1. The number of nitrogens with one attached hydrogen (secondary N) is 2. The Hall–Kier alpha value is -0.890. The van der Waals surface area contributed by atoms with Gasteiger partial charge in [-0.25, -0.2) is 4.98 Å². The molecule has 0 aliphatic rings. The lowest BCUT2D eigenvalue weighted by atomic mass is 10.2. The van der Waals surface area contributed by atoms with E-state index in [1.807, 2.05) is 18.4 Å². The standard InChI is InChI=1S/C10H10IN3OS/c1-6(9-12-2-3-13-9)14-10(15)7-4-8(11)16-5-7/h2-6H,1H3,(H,12,13)(H,14,15). The number of nitrogens with zero attached hydrogens (tertiary/aromatic N) is 1. The van der Waals surface area contributed by atoms with Crippen LogP contribution in [0.15, 0.2) is 23.8 Å². The number of carbonyl (C=O) groups excluding carboxylic acids is 1. The van der Waals surface area contributed by atoms with Gasteiger partial charge in [0, 0.05) is 17.8 Å². The van der Waals surface area contributed by atoms with Crippen LogP contribution in [0.4, 0.5) is 0 Å². The van der Waals surface area contributed by atoms with Crippen molar-refractivity contribution in [2.24, 2.45) is 0 Å². The highest BCUT2D eigenvalue weighted by molar-refractivity contribution is 14.1. The molecule has 4 nitrogen and oxygen atoms in total. The van der Waals surface area contributed by atoms with Crippen molar-refractivity contribution in [1.82, 2.24) is 15.3 Å². The van der Waals surface area contributed by atoms with Gasteiger partial charge in [0.2, 0.25) is 0 Å². The van der Waals surface area contributed by atoms with Crippen LogP contribution in [0.5, 0.6) is 0 Å². The van der Waals surface area contributed by atoms with E-state index < -0.39 is 0 Å². The molecule has 1 amide bonds. The third kappa shape index (κ3) is 2.62. The van der Waals surface area contributed by atoms with E-state index in [1.54, 1.807) is 23.7 Å². The average Bonchev–Trinajstić information content (AvgIpc) is 2.87. The van der Waals surface area contributed by atoms with Crippen LogP contribution in [0.25, 0.3) is 0 Å². The summed E-state index contributed by atoms with van der Waals surface area (Å²) in [4.78, 5) is 18.9. The molecule has 0 aliphatic heterocycles. The summed E-state index contributed by atoms with van der Waals surface area (Å²) in [5.74, 6) is 0.696. The smallest absolute Gasteiger partial charge is 0.252 e. The Labute approximate surface area is 111 Å². The molecule has 16 heavy (non-hydrogen) atoms. The molecule has 84 valence electrons. The van der Waals surface area contributed by atoms with Crippen molar-refractivity contribution in [1.29, 1.82) is 0 Å². The molecule has 0 aromatic carbocycles. The highest BCUT2D eigenvalue weighted by atomic mass is 127. The number of aromatic nitrogens is 2. The summed E-state index contributed by atoms with van der Waals surface area (Å²) in [6.07, 6.45) is 3.41. The fourth-order valence-electron chi connectivity index (χ4n) is 1.29. The van der Waals surface area contributed by atoms with Gasteiger partial charge in [-0.15, -0.1) is 11.3 Å². The van der Waals surface area contributed by atoms with Gasteiger partial charge in [0.05, 0.1) is 14.5 Å². The molecule has 2 heterocycles. The lowest BCUT2D eigenvalue weighted by molar-refractivity contribution is 0.0939. The van der Waals surface area contributed by atoms with Crippen molar-refractivity contribution < 1.29 is 4.79 Å². The highest BCUT2D eigenvalue weighted by Gasteiger charge is 2.13. The molecule has 2 rings (SSSR count). The number of hydrogen-bond acceptors (Lipinski definition) is 3. The Morgan fingerprint density at radius 3 is 3.06 bits per heavy atom.